The Morgan fingerprint density at radius 1 is 1.50 bits per heavy atom. The van der Waals surface area contributed by atoms with Gasteiger partial charge in [0, 0.05) is 6.54 Å². The number of nitrogens with zero attached hydrogens (tertiary/aromatic N) is 1. The second kappa shape index (κ2) is 7.63. The molecule has 0 aromatic carbocycles. The Morgan fingerprint density at radius 3 is 3.00 bits per heavy atom. The van der Waals surface area contributed by atoms with Gasteiger partial charge in [0.25, 0.3) is 0 Å². The molecule has 0 aliphatic carbocycles. The zero-order chi connectivity index (χ0) is 11.8. The van der Waals surface area contributed by atoms with Crippen molar-refractivity contribution in [3.8, 4) is 0 Å². The molecule has 1 heterocycles. The Labute approximate surface area is 98.1 Å². The van der Waals surface area contributed by atoms with Crippen LogP contribution in [0.3, 0.4) is 0 Å². The van der Waals surface area contributed by atoms with Gasteiger partial charge in [-0.05, 0) is 52.2 Å². The lowest BCUT2D eigenvalue weighted by molar-refractivity contribution is -0.149. The van der Waals surface area contributed by atoms with Gasteiger partial charge in [0.05, 0.1) is 12.5 Å². The highest BCUT2D eigenvalue weighted by atomic mass is 16.5. The first-order chi connectivity index (χ1) is 7.77. The molecule has 0 amide bonds. The molecule has 1 atom stereocenters. The van der Waals surface area contributed by atoms with Gasteiger partial charge in [0.2, 0.25) is 0 Å². The van der Waals surface area contributed by atoms with Crippen molar-refractivity contribution >= 4 is 5.97 Å². The van der Waals surface area contributed by atoms with Gasteiger partial charge in [-0.25, -0.2) is 0 Å². The molecule has 94 valence electrons. The van der Waals surface area contributed by atoms with E-state index in [0.717, 1.165) is 51.9 Å². The minimum atomic E-state index is -0.0222. The fourth-order valence-corrected chi connectivity index (χ4v) is 2.19. The third kappa shape index (κ3) is 4.49. The smallest absolute Gasteiger partial charge is 0.310 e. The monoisotopic (exact) mass is 228 g/mol. The van der Waals surface area contributed by atoms with E-state index < -0.39 is 0 Å². The molecule has 1 saturated heterocycles. The van der Waals surface area contributed by atoms with Crippen molar-refractivity contribution in [1.82, 2.24) is 4.90 Å². The van der Waals surface area contributed by atoms with E-state index in [-0.39, 0.29) is 11.9 Å². The van der Waals surface area contributed by atoms with Crippen LogP contribution in [0.15, 0.2) is 0 Å². The highest BCUT2D eigenvalue weighted by Gasteiger charge is 2.26. The van der Waals surface area contributed by atoms with Gasteiger partial charge in [-0.3, -0.25) is 4.79 Å². The van der Waals surface area contributed by atoms with Crippen molar-refractivity contribution in [3.05, 3.63) is 0 Å². The first kappa shape index (κ1) is 13.5. The van der Waals surface area contributed by atoms with Gasteiger partial charge in [0.1, 0.15) is 0 Å². The minimum Gasteiger partial charge on any atom is -0.466 e. The maximum absolute atomic E-state index is 11.6. The standard InChI is InChI=1S/C12H24N2O2/c1-2-16-12(15)11-6-5-9-14(10-11)8-4-3-7-13/h11H,2-10,13H2,1H3. The molecule has 4 nitrogen and oxygen atoms in total. The molecule has 0 radical (unpaired) electrons. The second-order valence-electron chi connectivity index (χ2n) is 4.39. The largest absolute Gasteiger partial charge is 0.466 e. The van der Waals surface area contributed by atoms with E-state index in [9.17, 15) is 4.79 Å². The first-order valence-corrected chi connectivity index (χ1v) is 6.37. The zero-order valence-corrected chi connectivity index (χ0v) is 10.3. The lowest BCUT2D eigenvalue weighted by Crippen LogP contribution is -2.39. The van der Waals surface area contributed by atoms with Crippen LogP contribution in [0.1, 0.15) is 32.6 Å². The summed E-state index contributed by atoms with van der Waals surface area (Å²) in [5.41, 5.74) is 5.47. The van der Waals surface area contributed by atoms with Crippen molar-refractivity contribution in [2.45, 2.75) is 32.6 Å². The Morgan fingerprint density at radius 2 is 2.31 bits per heavy atom. The van der Waals surface area contributed by atoms with E-state index in [0.29, 0.717) is 6.61 Å². The molecule has 1 rings (SSSR count). The molecule has 0 bridgehead atoms. The number of hydrogen-bond donors (Lipinski definition) is 1. The van der Waals surface area contributed by atoms with Gasteiger partial charge in [-0.2, -0.15) is 0 Å². The van der Waals surface area contributed by atoms with E-state index in [1.165, 1.54) is 0 Å². The number of piperidine rings is 1. The molecule has 0 saturated carbocycles. The summed E-state index contributed by atoms with van der Waals surface area (Å²) in [4.78, 5) is 14.0. The lowest BCUT2D eigenvalue weighted by Gasteiger charge is -2.31. The predicted molar refractivity (Wildman–Crippen MR) is 64.1 cm³/mol. The SMILES string of the molecule is CCOC(=O)C1CCCN(CCCCN)C1. The Hall–Kier alpha value is -0.610. The molecule has 0 aromatic heterocycles. The quantitative estimate of drug-likeness (QED) is 0.544. The normalized spacial score (nSPS) is 22.0. The van der Waals surface area contributed by atoms with Gasteiger partial charge >= 0.3 is 5.97 Å². The summed E-state index contributed by atoms with van der Waals surface area (Å²) >= 11 is 0. The summed E-state index contributed by atoms with van der Waals surface area (Å²) < 4.78 is 5.07. The summed E-state index contributed by atoms with van der Waals surface area (Å²) in [6.45, 7) is 6.15. The average molecular weight is 228 g/mol. The molecule has 16 heavy (non-hydrogen) atoms. The van der Waals surface area contributed by atoms with Crippen LogP contribution in [0.2, 0.25) is 0 Å². The summed E-state index contributed by atoms with van der Waals surface area (Å²) in [5.74, 6) is 0.0672. The maximum atomic E-state index is 11.6. The summed E-state index contributed by atoms with van der Waals surface area (Å²) in [6, 6.07) is 0. The van der Waals surface area contributed by atoms with Crippen LogP contribution in [0, 0.1) is 5.92 Å². The minimum absolute atomic E-state index is 0.0222. The number of carbonyl (C=O) groups is 1. The van der Waals surface area contributed by atoms with Crippen molar-refractivity contribution in [3.63, 3.8) is 0 Å². The Balaban J connectivity index is 2.26. The van der Waals surface area contributed by atoms with Crippen molar-refractivity contribution in [1.29, 1.82) is 0 Å². The van der Waals surface area contributed by atoms with E-state index in [1.807, 2.05) is 6.92 Å². The van der Waals surface area contributed by atoms with Crippen LogP contribution >= 0.6 is 0 Å². The van der Waals surface area contributed by atoms with Crippen LogP contribution in [-0.2, 0) is 9.53 Å². The second-order valence-corrected chi connectivity index (χ2v) is 4.39. The van der Waals surface area contributed by atoms with Crippen molar-refractivity contribution in [2.24, 2.45) is 11.7 Å². The molecule has 1 unspecified atom stereocenters. The third-order valence-corrected chi connectivity index (χ3v) is 3.05. The highest BCUT2D eigenvalue weighted by molar-refractivity contribution is 5.72. The number of ether oxygens (including phenoxy) is 1. The number of hydrogen-bond acceptors (Lipinski definition) is 4. The molecule has 1 aliphatic rings. The van der Waals surface area contributed by atoms with Crippen LogP contribution in [0.4, 0.5) is 0 Å². The molecule has 2 N–H and O–H groups in total. The zero-order valence-electron chi connectivity index (χ0n) is 10.3. The van der Waals surface area contributed by atoms with E-state index in [1.54, 1.807) is 0 Å². The summed E-state index contributed by atoms with van der Waals surface area (Å²) in [6.07, 6.45) is 4.28. The number of rotatable bonds is 6. The molecule has 4 heteroatoms. The van der Waals surface area contributed by atoms with Crippen LogP contribution in [0.5, 0.6) is 0 Å². The van der Waals surface area contributed by atoms with Crippen molar-refractivity contribution < 1.29 is 9.53 Å². The molecule has 0 spiro atoms. The molecule has 1 fully saturated rings. The van der Waals surface area contributed by atoms with Crippen LogP contribution in [-0.4, -0.2) is 43.7 Å². The number of likely N-dealkylation sites (tertiary alicyclic amines) is 1. The van der Waals surface area contributed by atoms with Crippen molar-refractivity contribution in [2.75, 3.05) is 32.8 Å². The molecular formula is C12H24N2O2. The summed E-state index contributed by atoms with van der Waals surface area (Å²) in [5, 5.41) is 0. The molecular weight excluding hydrogens is 204 g/mol. The fraction of sp³-hybridized carbons (Fsp3) is 0.917. The number of unbranched alkanes of at least 4 members (excludes halogenated alkanes) is 1. The topological polar surface area (TPSA) is 55.6 Å². The van der Waals surface area contributed by atoms with Gasteiger partial charge in [0.15, 0.2) is 0 Å². The van der Waals surface area contributed by atoms with Gasteiger partial charge in [-0.1, -0.05) is 0 Å². The molecule has 1 aliphatic heterocycles. The average Bonchev–Trinajstić information content (AvgIpc) is 2.30. The molecule has 0 aromatic rings. The van der Waals surface area contributed by atoms with Gasteiger partial charge < -0.3 is 15.4 Å². The fourth-order valence-electron chi connectivity index (χ4n) is 2.19. The number of carbonyl (C=O) groups excluding carboxylic acids is 1. The third-order valence-electron chi connectivity index (χ3n) is 3.05. The van der Waals surface area contributed by atoms with Crippen LogP contribution in [0.25, 0.3) is 0 Å². The lowest BCUT2D eigenvalue weighted by atomic mass is 9.98. The summed E-state index contributed by atoms with van der Waals surface area (Å²) in [7, 11) is 0. The van der Waals surface area contributed by atoms with Crippen LogP contribution < -0.4 is 5.73 Å². The van der Waals surface area contributed by atoms with E-state index in [2.05, 4.69) is 4.90 Å². The Kier molecular flexibility index (Phi) is 6.42. The predicted octanol–water partition coefficient (Wildman–Crippen LogP) is 1.00. The first-order valence-electron chi connectivity index (χ1n) is 6.37. The van der Waals surface area contributed by atoms with Gasteiger partial charge in [-0.15, -0.1) is 0 Å². The number of esters is 1. The van der Waals surface area contributed by atoms with E-state index in [4.69, 9.17) is 10.5 Å². The number of nitrogens with two attached hydrogens (primary N) is 1. The Bertz CT molecular complexity index is 209. The highest BCUT2D eigenvalue weighted by Crippen LogP contribution is 2.18. The van der Waals surface area contributed by atoms with E-state index >= 15 is 0 Å². The maximum Gasteiger partial charge on any atom is 0.310 e.